The van der Waals surface area contributed by atoms with E-state index in [-0.39, 0.29) is 6.04 Å². The minimum Gasteiger partial charge on any atom is -0.261 e. The molecule has 0 N–H and O–H groups in total. The molecule has 0 aliphatic heterocycles. The topological polar surface area (TPSA) is 76.1 Å². The Morgan fingerprint density at radius 2 is 1.92 bits per heavy atom. The van der Waals surface area contributed by atoms with Crippen LogP contribution in [-0.4, -0.2) is 40.8 Å². The lowest BCUT2D eigenvalue weighted by Crippen LogP contribution is -2.36. The molecule has 1 unspecified atom stereocenters. The van der Waals surface area contributed by atoms with Crippen molar-refractivity contribution in [2.75, 3.05) is 7.05 Å². The van der Waals surface area contributed by atoms with Crippen LogP contribution in [-0.2, 0) is 16.4 Å². The van der Waals surface area contributed by atoms with Crippen molar-refractivity contribution in [1.29, 1.82) is 0 Å². The van der Waals surface area contributed by atoms with Gasteiger partial charge in [0, 0.05) is 54.2 Å². The van der Waals surface area contributed by atoms with Crippen LogP contribution in [0.2, 0.25) is 0 Å². The number of nitrogens with zero attached hydrogens (tertiary/aromatic N) is 4. The van der Waals surface area contributed by atoms with E-state index in [0.717, 1.165) is 21.7 Å². The maximum Gasteiger partial charge on any atom is 0.252 e. The first-order chi connectivity index (χ1) is 12.4. The average Bonchev–Trinajstić information content (AvgIpc) is 3.14. The van der Waals surface area contributed by atoms with Crippen molar-refractivity contribution >= 4 is 21.4 Å². The third kappa shape index (κ3) is 3.82. The number of thiophene rings is 1. The molecule has 8 heteroatoms. The zero-order chi connectivity index (χ0) is 18.7. The Kier molecular flexibility index (Phi) is 5.45. The maximum absolute atomic E-state index is 13.0. The number of hydrogen-bond donors (Lipinski definition) is 0. The van der Waals surface area contributed by atoms with Crippen LogP contribution in [0, 0.1) is 6.92 Å². The number of likely N-dealkylation sites (N-methyl/N-ethyl adjacent to an activating group) is 1. The fraction of sp³-hybridized carbons (Fsp3) is 0.278. The van der Waals surface area contributed by atoms with E-state index in [9.17, 15) is 8.42 Å². The summed E-state index contributed by atoms with van der Waals surface area (Å²) in [6.07, 6.45) is 7.09. The standard InChI is InChI=1S/C18H20N4O2S2/c1-13-5-4-8-21-16(13)9-14(2)22(3)26(23,24)18-7-6-17(25-18)15-10-19-12-20-11-15/h4-8,10-12,14H,9H2,1-3H3. The van der Waals surface area contributed by atoms with Gasteiger partial charge in [-0.25, -0.2) is 18.4 Å². The molecule has 3 heterocycles. The van der Waals surface area contributed by atoms with Gasteiger partial charge in [-0.05, 0) is 37.6 Å². The predicted molar refractivity (Wildman–Crippen MR) is 102 cm³/mol. The van der Waals surface area contributed by atoms with Crippen molar-refractivity contribution in [3.05, 3.63) is 60.4 Å². The maximum atomic E-state index is 13.0. The zero-order valence-corrected chi connectivity index (χ0v) is 16.5. The molecular formula is C18H20N4O2S2. The predicted octanol–water partition coefficient (Wildman–Crippen LogP) is 3.16. The van der Waals surface area contributed by atoms with Crippen LogP contribution in [0.5, 0.6) is 0 Å². The Morgan fingerprint density at radius 1 is 1.19 bits per heavy atom. The zero-order valence-electron chi connectivity index (χ0n) is 14.8. The van der Waals surface area contributed by atoms with E-state index in [1.807, 2.05) is 26.0 Å². The first-order valence-corrected chi connectivity index (χ1v) is 10.4. The fourth-order valence-corrected chi connectivity index (χ4v) is 5.39. The van der Waals surface area contributed by atoms with Crippen LogP contribution < -0.4 is 0 Å². The first kappa shape index (κ1) is 18.6. The molecule has 0 saturated carbocycles. The Hall–Kier alpha value is -2.16. The second kappa shape index (κ2) is 7.61. The van der Waals surface area contributed by atoms with Crippen LogP contribution in [0.3, 0.4) is 0 Å². The third-order valence-corrected chi connectivity index (χ3v) is 7.86. The molecule has 0 spiro atoms. The van der Waals surface area contributed by atoms with Crippen molar-refractivity contribution in [3.63, 3.8) is 0 Å². The minimum atomic E-state index is -3.58. The van der Waals surface area contributed by atoms with Crippen molar-refractivity contribution in [1.82, 2.24) is 19.3 Å². The molecule has 0 aliphatic rings. The molecule has 0 radical (unpaired) electrons. The summed E-state index contributed by atoms with van der Waals surface area (Å²) in [6.45, 7) is 3.88. The van der Waals surface area contributed by atoms with E-state index in [2.05, 4.69) is 15.0 Å². The van der Waals surface area contributed by atoms with Crippen LogP contribution in [0.4, 0.5) is 0 Å². The molecule has 1 atom stereocenters. The van der Waals surface area contributed by atoms with Crippen LogP contribution in [0.25, 0.3) is 10.4 Å². The molecule has 3 rings (SSSR count). The van der Waals surface area contributed by atoms with Crippen molar-refractivity contribution in [2.24, 2.45) is 0 Å². The number of hydrogen-bond acceptors (Lipinski definition) is 6. The van der Waals surface area contributed by atoms with Gasteiger partial charge in [-0.3, -0.25) is 4.98 Å². The molecule has 136 valence electrons. The minimum absolute atomic E-state index is 0.209. The van der Waals surface area contributed by atoms with Gasteiger partial charge in [-0.2, -0.15) is 4.31 Å². The van der Waals surface area contributed by atoms with Crippen molar-refractivity contribution in [3.8, 4) is 10.4 Å². The summed E-state index contributed by atoms with van der Waals surface area (Å²) in [5, 5.41) is 0. The monoisotopic (exact) mass is 388 g/mol. The molecule has 0 amide bonds. The number of aryl methyl sites for hydroxylation is 1. The highest BCUT2D eigenvalue weighted by Crippen LogP contribution is 2.32. The van der Waals surface area contributed by atoms with Gasteiger partial charge in [0.25, 0.3) is 10.0 Å². The summed E-state index contributed by atoms with van der Waals surface area (Å²) in [6, 6.07) is 7.08. The number of aromatic nitrogens is 3. The second-order valence-corrected chi connectivity index (χ2v) is 9.40. The van der Waals surface area contributed by atoms with E-state index in [0.29, 0.717) is 10.6 Å². The Labute approximate surface area is 157 Å². The van der Waals surface area contributed by atoms with E-state index in [4.69, 9.17) is 0 Å². The molecule has 3 aromatic rings. The molecule has 0 saturated heterocycles. The van der Waals surface area contributed by atoms with Gasteiger partial charge >= 0.3 is 0 Å². The fourth-order valence-electron chi connectivity index (χ4n) is 2.56. The molecule has 0 aromatic carbocycles. The van der Waals surface area contributed by atoms with E-state index in [1.54, 1.807) is 37.8 Å². The highest BCUT2D eigenvalue weighted by molar-refractivity contribution is 7.91. The van der Waals surface area contributed by atoms with E-state index in [1.165, 1.54) is 22.0 Å². The van der Waals surface area contributed by atoms with Gasteiger partial charge in [0.05, 0.1) is 0 Å². The summed E-state index contributed by atoms with van der Waals surface area (Å²) in [7, 11) is -1.96. The number of sulfonamides is 1. The number of pyridine rings is 1. The summed E-state index contributed by atoms with van der Waals surface area (Å²) >= 11 is 1.22. The highest BCUT2D eigenvalue weighted by Gasteiger charge is 2.27. The molecular weight excluding hydrogens is 368 g/mol. The lowest BCUT2D eigenvalue weighted by atomic mass is 10.1. The lowest BCUT2D eigenvalue weighted by molar-refractivity contribution is 0.385. The lowest BCUT2D eigenvalue weighted by Gasteiger charge is -2.23. The van der Waals surface area contributed by atoms with Crippen molar-refractivity contribution < 1.29 is 8.42 Å². The second-order valence-electron chi connectivity index (χ2n) is 6.09. The Morgan fingerprint density at radius 3 is 2.62 bits per heavy atom. The largest absolute Gasteiger partial charge is 0.261 e. The molecule has 3 aromatic heterocycles. The van der Waals surface area contributed by atoms with E-state index >= 15 is 0 Å². The summed E-state index contributed by atoms with van der Waals surface area (Å²) in [4.78, 5) is 13.2. The van der Waals surface area contributed by atoms with Gasteiger partial charge in [0.1, 0.15) is 10.5 Å². The van der Waals surface area contributed by atoms with Gasteiger partial charge in [0.2, 0.25) is 0 Å². The SMILES string of the molecule is Cc1cccnc1CC(C)N(C)S(=O)(=O)c1ccc(-c2cncnc2)s1. The molecule has 0 fully saturated rings. The van der Waals surface area contributed by atoms with E-state index < -0.39 is 10.0 Å². The van der Waals surface area contributed by atoms with Gasteiger partial charge in [-0.15, -0.1) is 11.3 Å². The molecule has 26 heavy (non-hydrogen) atoms. The van der Waals surface area contributed by atoms with Gasteiger partial charge in [-0.1, -0.05) is 6.07 Å². The molecule has 0 bridgehead atoms. The molecule has 0 aliphatic carbocycles. The summed E-state index contributed by atoms with van der Waals surface area (Å²) in [5.41, 5.74) is 2.78. The Bertz CT molecular complexity index is 987. The Balaban J connectivity index is 1.81. The normalized spacial score (nSPS) is 13.1. The third-order valence-electron chi connectivity index (χ3n) is 4.29. The van der Waals surface area contributed by atoms with Crippen LogP contribution >= 0.6 is 11.3 Å². The average molecular weight is 389 g/mol. The summed E-state index contributed by atoms with van der Waals surface area (Å²) < 4.78 is 27.7. The quantitative estimate of drug-likeness (QED) is 0.648. The van der Waals surface area contributed by atoms with Crippen LogP contribution in [0.15, 0.2) is 53.4 Å². The van der Waals surface area contributed by atoms with Gasteiger partial charge < -0.3 is 0 Å². The first-order valence-electron chi connectivity index (χ1n) is 8.13. The van der Waals surface area contributed by atoms with Gasteiger partial charge in [0.15, 0.2) is 0 Å². The number of rotatable bonds is 6. The van der Waals surface area contributed by atoms with Crippen LogP contribution in [0.1, 0.15) is 18.2 Å². The van der Waals surface area contributed by atoms with Crippen molar-refractivity contribution in [2.45, 2.75) is 30.5 Å². The summed E-state index contributed by atoms with van der Waals surface area (Å²) in [5.74, 6) is 0. The smallest absolute Gasteiger partial charge is 0.252 e. The highest BCUT2D eigenvalue weighted by atomic mass is 32.2. The molecule has 6 nitrogen and oxygen atoms in total.